The normalized spacial score (nSPS) is 21.6. The third kappa shape index (κ3) is 4.39. The number of amides is 1. The summed E-state index contributed by atoms with van der Waals surface area (Å²) in [6.07, 6.45) is 6.38. The number of rotatable bonds is 5. The molecule has 1 unspecified atom stereocenters. The van der Waals surface area contributed by atoms with E-state index in [1.54, 1.807) is 0 Å². The first-order valence-corrected chi connectivity index (χ1v) is 5.06. The van der Waals surface area contributed by atoms with Gasteiger partial charge in [-0.25, -0.2) is 0 Å². The lowest BCUT2D eigenvalue weighted by Gasteiger charge is -2.08. The average molecular weight is 198 g/mol. The van der Waals surface area contributed by atoms with Gasteiger partial charge in [0.25, 0.3) is 0 Å². The van der Waals surface area contributed by atoms with E-state index in [1.807, 2.05) is 12.2 Å². The average Bonchev–Trinajstić information content (AvgIpc) is 2.65. The van der Waals surface area contributed by atoms with Gasteiger partial charge >= 0.3 is 0 Å². The fraction of sp³-hybridized carbons (Fsp3) is 0.700. The molecule has 0 radical (unpaired) electrons. The van der Waals surface area contributed by atoms with Crippen LogP contribution in [0, 0.1) is 0 Å². The van der Waals surface area contributed by atoms with Crippen molar-refractivity contribution in [3.8, 4) is 0 Å². The molecule has 0 aromatic rings. The van der Waals surface area contributed by atoms with Gasteiger partial charge in [0.2, 0.25) is 5.91 Å². The molecule has 4 heteroatoms. The van der Waals surface area contributed by atoms with E-state index in [2.05, 4.69) is 5.32 Å². The van der Waals surface area contributed by atoms with Crippen LogP contribution in [-0.2, 0) is 9.53 Å². The second-order valence-corrected chi connectivity index (χ2v) is 3.35. The predicted octanol–water partition coefficient (Wildman–Crippen LogP) is 0.187. The summed E-state index contributed by atoms with van der Waals surface area (Å²) in [5.74, 6) is 0.0542. The molecule has 80 valence electrons. The molecule has 4 nitrogen and oxygen atoms in total. The Morgan fingerprint density at radius 3 is 3.07 bits per heavy atom. The Bertz CT molecular complexity index is 198. The Morgan fingerprint density at radius 2 is 2.43 bits per heavy atom. The minimum absolute atomic E-state index is 0.0542. The Morgan fingerprint density at radius 1 is 1.57 bits per heavy atom. The maximum Gasteiger partial charge on any atom is 0.222 e. The first-order valence-electron chi connectivity index (χ1n) is 5.06. The molecule has 1 amide bonds. The van der Waals surface area contributed by atoms with Gasteiger partial charge in [-0.05, 0) is 12.8 Å². The maximum absolute atomic E-state index is 11.3. The summed E-state index contributed by atoms with van der Waals surface area (Å²) in [6, 6.07) is 0. The zero-order chi connectivity index (χ0) is 10.2. The summed E-state index contributed by atoms with van der Waals surface area (Å²) >= 11 is 0. The third-order valence-corrected chi connectivity index (χ3v) is 2.16. The summed E-state index contributed by atoms with van der Waals surface area (Å²) in [5.41, 5.74) is 5.26. The fourth-order valence-electron chi connectivity index (χ4n) is 1.44. The number of hydrogen-bond donors (Lipinski definition) is 2. The van der Waals surface area contributed by atoms with Gasteiger partial charge in [0.1, 0.15) is 0 Å². The molecule has 1 atom stereocenters. The second-order valence-electron chi connectivity index (χ2n) is 3.35. The summed E-state index contributed by atoms with van der Waals surface area (Å²) in [5, 5.41) is 2.78. The number of carbonyl (C=O) groups excluding carboxylic acids is 1. The minimum Gasteiger partial charge on any atom is -0.378 e. The highest BCUT2D eigenvalue weighted by Gasteiger charge is 2.18. The Hall–Kier alpha value is -0.870. The van der Waals surface area contributed by atoms with Crippen molar-refractivity contribution in [3.05, 3.63) is 12.2 Å². The zero-order valence-corrected chi connectivity index (χ0v) is 8.37. The van der Waals surface area contributed by atoms with Crippen LogP contribution in [0.5, 0.6) is 0 Å². The highest BCUT2D eigenvalue weighted by atomic mass is 16.5. The SMILES string of the molecule is NC/C=C/CNC(=O)CC1CCCO1. The lowest BCUT2D eigenvalue weighted by Crippen LogP contribution is -2.27. The van der Waals surface area contributed by atoms with E-state index in [0.29, 0.717) is 19.5 Å². The molecule has 1 fully saturated rings. The van der Waals surface area contributed by atoms with Gasteiger partial charge in [0.15, 0.2) is 0 Å². The van der Waals surface area contributed by atoms with Crippen LogP contribution in [0.2, 0.25) is 0 Å². The van der Waals surface area contributed by atoms with E-state index >= 15 is 0 Å². The van der Waals surface area contributed by atoms with Gasteiger partial charge in [0, 0.05) is 19.7 Å². The Balaban J connectivity index is 2.06. The van der Waals surface area contributed by atoms with Crippen molar-refractivity contribution in [3.63, 3.8) is 0 Å². The number of nitrogens with two attached hydrogens (primary N) is 1. The van der Waals surface area contributed by atoms with E-state index in [1.165, 1.54) is 0 Å². The van der Waals surface area contributed by atoms with E-state index in [9.17, 15) is 4.79 Å². The predicted molar refractivity (Wildman–Crippen MR) is 54.8 cm³/mol. The van der Waals surface area contributed by atoms with Gasteiger partial charge < -0.3 is 15.8 Å². The van der Waals surface area contributed by atoms with E-state index in [4.69, 9.17) is 10.5 Å². The number of carbonyl (C=O) groups is 1. The standard InChI is InChI=1S/C10H18N2O2/c11-5-1-2-6-12-10(13)8-9-4-3-7-14-9/h1-2,9H,3-8,11H2,(H,12,13)/b2-1+. The quantitative estimate of drug-likeness (QED) is 0.620. The van der Waals surface area contributed by atoms with Gasteiger partial charge in [0.05, 0.1) is 12.5 Å². The van der Waals surface area contributed by atoms with Crippen molar-refractivity contribution >= 4 is 5.91 Å². The zero-order valence-electron chi connectivity index (χ0n) is 8.37. The van der Waals surface area contributed by atoms with Crippen LogP contribution in [0.15, 0.2) is 12.2 Å². The van der Waals surface area contributed by atoms with Crippen LogP contribution in [0.3, 0.4) is 0 Å². The lowest BCUT2D eigenvalue weighted by molar-refractivity contribution is -0.123. The molecule has 0 aromatic heterocycles. The minimum atomic E-state index is 0.0542. The smallest absolute Gasteiger partial charge is 0.222 e. The molecule has 0 aromatic carbocycles. The maximum atomic E-state index is 11.3. The Labute approximate surface area is 84.5 Å². The van der Waals surface area contributed by atoms with Gasteiger partial charge in [-0.3, -0.25) is 4.79 Å². The van der Waals surface area contributed by atoms with Crippen molar-refractivity contribution in [2.45, 2.75) is 25.4 Å². The summed E-state index contributed by atoms with van der Waals surface area (Å²) in [7, 11) is 0. The fourth-order valence-corrected chi connectivity index (χ4v) is 1.44. The van der Waals surface area contributed by atoms with E-state index < -0.39 is 0 Å². The topological polar surface area (TPSA) is 64.3 Å². The van der Waals surface area contributed by atoms with Crippen LogP contribution in [0.4, 0.5) is 0 Å². The van der Waals surface area contributed by atoms with Gasteiger partial charge in [-0.15, -0.1) is 0 Å². The Kier molecular flexibility index (Phi) is 5.25. The van der Waals surface area contributed by atoms with E-state index in [-0.39, 0.29) is 12.0 Å². The summed E-state index contributed by atoms with van der Waals surface area (Å²) < 4.78 is 5.35. The highest BCUT2D eigenvalue weighted by molar-refractivity contribution is 5.76. The molecule has 0 spiro atoms. The monoisotopic (exact) mass is 198 g/mol. The van der Waals surface area contributed by atoms with Crippen molar-refractivity contribution in [1.29, 1.82) is 0 Å². The largest absolute Gasteiger partial charge is 0.378 e. The van der Waals surface area contributed by atoms with Crippen LogP contribution in [0.1, 0.15) is 19.3 Å². The molecular formula is C10H18N2O2. The molecule has 0 aliphatic carbocycles. The molecule has 0 bridgehead atoms. The third-order valence-electron chi connectivity index (χ3n) is 2.16. The molecule has 0 saturated carbocycles. The summed E-state index contributed by atoms with van der Waals surface area (Å²) in [6.45, 7) is 1.87. The first kappa shape index (κ1) is 11.2. The highest BCUT2D eigenvalue weighted by Crippen LogP contribution is 2.14. The molecule has 3 N–H and O–H groups in total. The van der Waals surface area contributed by atoms with Crippen molar-refractivity contribution in [2.75, 3.05) is 19.7 Å². The van der Waals surface area contributed by atoms with Crippen molar-refractivity contribution in [2.24, 2.45) is 5.73 Å². The molecular weight excluding hydrogens is 180 g/mol. The lowest BCUT2D eigenvalue weighted by atomic mass is 10.2. The molecule has 1 heterocycles. The van der Waals surface area contributed by atoms with Gasteiger partial charge in [-0.1, -0.05) is 12.2 Å². The summed E-state index contributed by atoms with van der Waals surface area (Å²) in [4.78, 5) is 11.3. The second kappa shape index (κ2) is 6.56. The van der Waals surface area contributed by atoms with Crippen molar-refractivity contribution < 1.29 is 9.53 Å². The first-order chi connectivity index (χ1) is 6.83. The number of nitrogens with one attached hydrogen (secondary N) is 1. The molecule has 14 heavy (non-hydrogen) atoms. The van der Waals surface area contributed by atoms with Gasteiger partial charge in [-0.2, -0.15) is 0 Å². The van der Waals surface area contributed by atoms with Crippen molar-refractivity contribution in [1.82, 2.24) is 5.32 Å². The molecule has 1 rings (SSSR count). The molecule has 1 aliphatic heterocycles. The molecule has 1 aliphatic rings. The van der Waals surface area contributed by atoms with E-state index in [0.717, 1.165) is 19.4 Å². The van der Waals surface area contributed by atoms with Crippen LogP contribution < -0.4 is 11.1 Å². The van der Waals surface area contributed by atoms with Crippen LogP contribution >= 0.6 is 0 Å². The number of hydrogen-bond acceptors (Lipinski definition) is 3. The molecule has 1 saturated heterocycles. The van der Waals surface area contributed by atoms with Crippen LogP contribution in [0.25, 0.3) is 0 Å². The van der Waals surface area contributed by atoms with Crippen LogP contribution in [-0.4, -0.2) is 31.7 Å². The number of ether oxygens (including phenoxy) is 1.